The molecule has 0 spiro atoms. The van der Waals surface area contributed by atoms with E-state index in [9.17, 15) is 4.79 Å². The molecule has 2 aromatic carbocycles. The number of likely N-dealkylation sites (tertiary alicyclic amines) is 1. The second-order valence-electron chi connectivity index (χ2n) is 8.22. The largest absolute Gasteiger partial charge is 0.497 e. The maximum Gasteiger partial charge on any atom is 0.259 e. The van der Waals surface area contributed by atoms with Crippen molar-refractivity contribution in [2.24, 2.45) is 0 Å². The first-order valence-electron chi connectivity index (χ1n) is 11.2. The summed E-state index contributed by atoms with van der Waals surface area (Å²) in [4.78, 5) is 24.7. The van der Waals surface area contributed by atoms with Gasteiger partial charge in [0.1, 0.15) is 17.3 Å². The lowest BCUT2D eigenvalue weighted by Gasteiger charge is -2.35. The first kappa shape index (κ1) is 22.7. The van der Waals surface area contributed by atoms with E-state index in [1.807, 2.05) is 37.3 Å². The first-order valence-corrected chi connectivity index (χ1v) is 11.2. The van der Waals surface area contributed by atoms with Gasteiger partial charge in [-0.25, -0.2) is 9.97 Å². The Labute approximate surface area is 194 Å². The fraction of sp³-hybridized carbons (Fsp3) is 0.346. The van der Waals surface area contributed by atoms with Crippen molar-refractivity contribution in [3.63, 3.8) is 0 Å². The first-order chi connectivity index (χ1) is 16.1. The van der Waals surface area contributed by atoms with E-state index in [1.165, 1.54) is 5.56 Å². The lowest BCUT2D eigenvalue weighted by Crippen LogP contribution is -2.34. The summed E-state index contributed by atoms with van der Waals surface area (Å²) in [6, 6.07) is 15.6. The molecule has 2 heterocycles. The van der Waals surface area contributed by atoms with E-state index in [4.69, 9.17) is 14.5 Å². The molecule has 0 aliphatic carbocycles. The zero-order chi connectivity index (χ0) is 23.2. The summed E-state index contributed by atoms with van der Waals surface area (Å²) in [5.41, 5.74) is 2.94. The van der Waals surface area contributed by atoms with Crippen molar-refractivity contribution >= 4 is 11.6 Å². The number of para-hydroxylation sites is 2. The highest BCUT2D eigenvalue weighted by molar-refractivity contribution is 6.05. The number of hydrogen-bond acceptors (Lipinski definition) is 6. The molecular weight excluding hydrogens is 416 g/mol. The quantitative estimate of drug-likeness (QED) is 0.563. The second kappa shape index (κ2) is 10.4. The van der Waals surface area contributed by atoms with Crippen LogP contribution in [0, 0.1) is 6.92 Å². The van der Waals surface area contributed by atoms with Gasteiger partial charge in [-0.1, -0.05) is 30.7 Å². The van der Waals surface area contributed by atoms with Crippen LogP contribution in [0.1, 0.15) is 52.7 Å². The van der Waals surface area contributed by atoms with Gasteiger partial charge in [0.25, 0.3) is 5.91 Å². The van der Waals surface area contributed by atoms with Crippen molar-refractivity contribution in [1.29, 1.82) is 0 Å². The molecule has 0 bridgehead atoms. The van der Waals surface area contributed by atoms with E-state index in [0.29, 0.717) is 22.7 Å². The fourth-order valence-electron chi connectivity index (χ4n) is 4.28. The smallest absolute Gasteiger partial charge is 0.259 e. The van der Waals surface area contributed by atoms with Crippen LogP contribution in [0.3, 0.4) is 0 Å². The average Bonchev–Trinajstić information content (AvgIpc) is 2.84. The number of hydrogen-bond donors (Lipinski definition) is 1. The monoisotopic (exact) mass is 446 g/mol. The molecule has 1 atom stereocenters. The molecule has 1 unspecified atom stereocenters. The van der Waals surface area contributed by atoms with Crippen LogP contribution in [0.2, 0.25) is 0 Å². The van der Waals surface area contributed by atoms with Crippen LogP contribution in [-0.2, 0) is 6.54 Å². The van der Waals surface area contributed by atoms with Crippen molar-refractivity contribution in [2.75, 3.05) is 26.1 Å². The normalized spacial score (nSPS) is 16.3. The Hall–Kier alpha value is -3.45. The number of rotatable bonds is 7. The molecule has 1 amide bonds. The van der Waals surface area contributed by atoms with Gasteiger partial charge in [-0.2, -0.15) is 0 Å². The minimum Gasteiger partial charge on any atom is -0.497 e. The van der Waals surface area contributed by atoms with Gasteiger partial charge in [-0.3, -0.25) is 9.69 Å². The van der Waals surface area contributed by atoms with Crippen LogP contribution < -0.4 is 14.8 Å². The Morgan fingerprint density at radius 2 is 1.97 bits per heavy atom. The SMILES string of the molecule is COc1cccc(CN2CCCCC2c2ncc(C(=O)Nc3ccccc3OC)c(C)n2)c1. The van der Waals surface area contributed by atoms with E-state index in [2.05, 4.69) is 27.3 Å². The number of benzene rings is 2. The number of anilines is 1. The molecule has 0 radical (unpaired) electrons. The minimum absolute atomic E-state index is 0.120. The zero-order valence-corrected chi connectivity index (χ0v) is 19.4. The Bertz CT molecular complexity index is 1120. The number of piperidine rings is 1. The van der Waals surface area contributed by atoms with Gasteiger partial charge < -0.3 is 14.8 Å². The minimum atomic E-state index is -0.250. The van der Waals surface area contributed by atoms with Crippen LogP contribution in [0.25, 0.3) is 0 Å². The molecule has 1 N–H and O–H groups in total. The molecule has 7 nitrogen and oxygen atoms in total. The van der Waals surface area contributed by atoms with Gasteiger partial charge in [-0.05, 0) is 56.1 Å². The number of nitrogens with zero attached hydrogens (tertiary/aromatic N) is 3. The fourth-order valence-corrected chi connectivity index (χ4v) is 4.28. The number of carbonyl (C=O) groups is 1. The zero-order valence-electron chi connectivity index (χ0n) is 19.4. The van der Waals surface area contributed by atoms with Crippen LogP contribution in [0.5, 0.6) is 11.5 Å². The van der Waals surface area contributed by atoms with E-state index in [-0.39, 0.29) is 11.9 Å². The van der Waals surface area contributed by atoms with Crippen LogP contribution in [0.15, 0.2) is 54.7 Å². The maximum absolute atomic E-state index is 12.9. The molecule has 7 heteroatoms. The third-order valence-corrected chi connectivity index (χ3v) is 6.03. The summed E-state index contributed by atoms with van der Waals surface area (Å²) in [5.74, 6) is 1.99. The Morgan fingerprint density at radius 1 is 1.12 bits per heavy atom. The third-order valence-electron chi connectivity index (χ3n) is 6.03. The molecule has 1 fully saturated rings. The van der Waals surface area contributed by atoms with Gasteiger partial charge in [0, 0.05) is 12.7 Å². The number of methoxy groups -OCH3 is 2. The summed E-state index contributed by atoms with van der Waals surface area (Å²) in [6.45, 7) is 3.65. The lowest BCUT2D eigenvalue weighted by atomic mass is 10.00. The van der Waals surface area contributed by atoms with Crippen LogP contribution in [-0.4, -0.2) is 41.5 Å². The molecule has 1 saturated heterocycles. The van der Waals surface area contributed by atoms with E-state index in [1.54, 1.807) is 26.5 Å². The summed E-state index contributed by atoms with van der Waals surface area (Å²) >= 11 is 0. The predicted octanol–water partition coefficient (Wildman–Crippen LogP) is 4.78. The number of ether oxygens (including phenoxy) is 2. The topological polar surface area (TPSA) is 76.6 Å². The van der Waals surface area contributed by atoms with E-state index >= 15 is 0 Å². The highest BCUT2D eigenvalue weighted by Gasteiger charge is 2.27. The number of aromatic nitrogens is 2. The molecule has 3 aromatic rings. The number of aryl methyl sites for hydroxylation is 1. The van der Waals surface area contributed by atoms with E-state index < -0.39 is 0 Å². The van der Waals surface area contributed by atoms with Crippen molar-refractivity contribution in [3.05, 3.63) is 77.4 Å². The highest BCUT2D eigenvalue weighted by atomic mass is 16.5. The summed E-state index contributed by atoms with van der Waals surface area (Å²) < 4.78 is 10.7. The highest BCUT2D eigenvalue weighted by Crippen LogP contribution is 2.31. The van der Waals surface area contributed by atoms with Crippen molar-refractivity contribution < 1.29 is 14.3 Å². The number of nitrogens with one attached hydrogen (secondary N) is 1. The van der Waals surface area contributed by atoms with Crippen molar-refractivity contribution in [3.8, 4) is 11.5 Å². The summed E-state index contributed by atoms with van der Waals surface area (Å²) in [6.07, 6.45) is 4.92. The molecule has 1 aliphatic rings. The number of carbonyl (C=O) groups excluding carboxylic acids is 1. The Morgan fingerprint density at radius 3 is 2.76 bits per heavy atom. The Kier molecular flexibility index (Phi) is 7.19. The van der Waals surface area contributed by atoms with Gasteiger partial charge >= 0.3 is 0 Å². The molecular formula is C26H30N4O3. The predicted molar refractivity (Wildman–Crippen MR) is 128 cm³/mol. The lowest BCUT2D eigenvalue weighted by molar-refractivity contribution is 0.102. The maximum atomic E-state index is 12.9. The van der Waals surface area contributed by atoms with Crippen molar-refractivity contribution in [1.82, 2.24) is 14.9 Å². The molecule has 1 aliphatic heterocycles. The molecule has 1 aromatic heterocycles. The summed E-state index contributed by atoms with van der Waals surface area (Å²) in [5, 5.41) is 2.90. The third kappa shape index (κ3) is 5.31. The molecule has 0 saturated carbocycles. The Balaban J connectivity index is 1.52. The molecule has 172 valence electrons. The van der Waals surface area contributed by atoms with Crippen molar-refractivity contribution in [2.45, 2.75) is 38.8 Å². The van der Waals surface area contributed by atoms with Gasteiger partial charge in [0.15, 0.2) is 0 Å². The van der Waals surface area contributed by atoms with E-state index in [0.717, 1.165) is 43.9 Å². The van der Waals surface area contributed by atoms with Crippen LogP contribution in [0.4, 0.5) is 5.69 Å². The van der Waals surface area contributed by atoms with Gasteiger partial charge in [0.05, 0.1) is 37.2 Å². The summed E-state index contributed by atoms with van der Waals surface area (Å²) in [7, 11) is 3.26. The van der Waals surface area contributed by atoms with Gasteiger partial charge in [-0.15, -0.1) is 0 Å². The standard InChI is InChI=1S/C26H30N4O3/c1-18-21(26(31)29-22-11-4-5-13-24(22)33-3)16-27-25(28-18)23-12-6-7-14-30(23)17-19-9-8-10-20(15-19)32-2/h4-5,8-11,13,15-16,23H,6-7,12,14,17H2,1-3H3,(H,29,31). The van der Waals surface area contributed by atoms with Gasteiger partial charge in [0.2, 0.25) is 0 Å². The average molecular weight is 447 g/mol. The van der Waals surface area contributed by atoms with Crippen LogP contribution >= 0.6 is 0 Å². The second-order valence-corrected chi connectivity index (χ2v) is 8.22. The molecule has 4 rings (SSSR count). The number of amides is 1. The molecule has 33 heavy (non-hydrogen) atoms.